The van der Waals surface area contributed by atoms with Crippen molar-refractivity contribution in [3.63, 3.8) is 0 Å². The molecule has 0 spiro atoms. The molecule has 0 atom stereocenters. The molecule has 0 radical (unpaired) electrons. The molecule has 0 saturated carbocycles. The number of aryl methyl sites for hydroxylation is 1. The Morgan fingerprint density at radius 1 is 1.26 bits per heavy atom. The minimum atomic E-state index is 0.270. The van der Waals surface area contributed by atoms with Gasteiger partial charge in [0.1, 0.15) is 11.3 Å². The van der Waals surface area contributed by atoms with Crippen LogP contribution in [0.3, 0.4) is 0 Å². The molecule has 0 bridgehead atoms. The maximum atomic E-state index is 5.57. The van der Waals surface area contributed by atoms with Crippen LogP contribution in [-0.4, -0.2) is 61.4 Å². The molecule has 1 N–H and O–H groups in total. The van der Waals surface area contributed by atoms with Gasteiger partial charge in [0.05, 0.1) is 24.2 Å². The number of thiazole rings is 1. The molecule has 5 heterocycles. The second-order valence-electron chi connectivity index (χ2n) is 9.43. The lowest BCUT2D eigenvalue weighted by Crippen LogP contribution is -2.33. The smallest absolute Gasteiger partial charge is 0.197 e. The van der Waals surface area contributed by atoms with E-state index in [2.05, 4.69) is 47.8 Å². The van der Waals surface area contributed by atoms with Gasteiger partial charge in [0.15, 0.2) is 11.4 Å². The number of aromatic nitrogens is 6. The number of ether oxygens (including phenoxy) is 1. The van der Waals surface area contributed by atoms with Crippen LogP contribution in [0.1, 0.15) is 68.0 Å². The molecular formula is C25H33N7OS. The van der Waals surface area contributed by atoms with Crippen LogP contribution in [-0.2, 0) is 0 Å². The molecule has 4 aromatic heterocycles. The van der Waals surface area contributed by atoms with Crippen LogP contribution in [0.5, 0.6) is 5.75 Å². The van der Waals surface area contributed by atoms with Gasteiger partial charge in [-0.3, -0.25) is 5.10 Å². The monoisotopic (exact) mass is 479 g/mol. The maximum absolute atomic E-state index is 5.57. The number of rotatable bonds is 7. The van der Waals surface area contributed by atoms with Gasteiger partial charge < -0.3 is 9.64 Å². The second-order valence-corrected chi connectivity index (χ2v) is 10.5. The van der Waals surface area contributed by atoms with E-state index in [0.29, 0.717) is 17.3 Å². The van der Waals surface area contributed by atoms with Gasteiger partial charge in [0.2, 0.25) is 0 Å². The van der Waals surface area contributed by atoms with Gasteiger partial charge in [0, 0.05) is 22.2 Å². The van der Waals surface area contributed by atoms with Crippen LogP contribution in [0, 0.1) is 6.92 Å². The number of fused-ring (bicyclic) bond motifs is 1. The predicted molar refractivity (Wildman–Crippen MR) is 136 cm³/mol. The van der Waals surface area contributed by atoms with Gasteiger partial charge in [-0.2, -0.15) is 10.2 Å². The molecule has 0 amide bonds. The van der Waals surface area contributed by atoms with E-state index in [4.69, 9.17) is 14.8 Å². The zero-order valence-electron chi connectivity index (χ0n) is 20.6. The Morgan fingerprint density at radius 2 is 2.06 bits per heavy atom. The Kier molecular flexibility index (Phi) is 6.40. The first kappa shape index (κ1) is 23.0. The number of nitrogens with one attached hydrogen (secondary N) is 1. The summed E-state index contributed by atoms with van der Waals surface area (Å²) in [5, 5.41) is 13.4. The van der Waals surface area contributed by atoms with Crippen molar-refractivity contribution in [3.05, 3.63) is 34.7 Å². The molecule has 1 aliphatic rings. The molecule has 0 unspecified atom stereocenters. The number of nitrogens with zero attached hydrogens (tertiary/aromatic N) is 6. The fourth-order valence-corrected chi connectivity index (χ4v) is 6.34. The lowest BCUT2D eigenvalue weighted by atomic mass is 9.94. The molecule has 0 aliphatic carbocycles. The number of aromatic amines is 1. The highest BCUT2D eigenvalue weighted by Gasteiger charge is 2.27. The molecule has 1 aliphatic heterocycles. The fraction of sp³-hybridized carbons (Fsp3) is 0.520. The topological polar surface area (TPSA) is 84.2 Å². The van der Waals surface area contributed by atoms with Crippen molar-refractivity contribution in [3.8, 4) is 27.7 Å². The molecule has 4 aromatic rings. The number of methoxy groups -OCH3 is 1. The summed E-state index contributed by atoms with van der Waals surface area (Å²) < 4.78 is 7.31. The van der Waals surface area contributed by atoms with Gasteiger partial charge in [-0.05, 0) is 63.7 Å². The van der Waals surface area contributed by atoms with Crippen molar-refractivity contribution < 1.29 is 4.74 Å². The average Bonchev–Trinajstić information content (AvgIpc) is 3.56. The number of piperidine rings is 1. The number of H-pyrrole nitrogens is 1. The normalized spacial score (nSPS) is 15.6. The van der Waals surface area contributed by atoms with Crippen LogP contribution >= 0.6 is 11.3 Å². The van der Waals surface area contributed by atoms with Crippen molar-refractivity contribution in [1.82, 2.24) is 34.7 Å². The minimum absolute atomic E-state index is 0.270. The fourth-order valence-electron chi connectivity index (χ4n) is 5.10. The first-order valence-electron chi connectivity index (χ1n) is 12.2. The third-order valence-electron chi connectivity index (χ3n) is 6.76. The Hall–Kier alpha value is -2.78. The van der Waals surface area contributed by atoms with Crippen LogP contribution in [0.2, 0.25) is 0 Å². The quantitative estimate of drug-likeness (QED) is 0.389. The summed E-state index contributed by atoms with van der Waals surface area (Å²) in [6, 6.07) is 1.98. The average molecular weight is 480 g/mol. The summed E-state index contributed by atoms with van der Waals surface area (Å²) in [6.45, 7) is 12.4. The van der Waals surface area contributed by atoms with E-state index in [0.717, 1.165) is 27.7 Å². The van der Waals surface area contributed by atoms with Crippen LogP contribution in [0.25, 0.3) is 27.6 Å². The van der Waals surface area contributed by atoms with Crippen molar-refractivity contribution in [2.75, 3.05) is 26.7 Å². The summed E-state index contributed by atoms with van der Waals surface area (Å²) in [6.07, 6.45) is 7.15. The van der Waals surface area contributed by atoms with E-state index in [1.54, 1.807) is 11.6 Å². The lowest BCUT2D eigenvalue weighted by molar-refractivity contribution is 0.213. The molecule has 180 valence electrons. The van der Waals surface area contributed by atoms with Crippen LogP contribution in [0.4, 0.5) is 0 Å². The van der Waals surface area contributed by atoms with Crippen LogP contribution in [0.15, 0.2) is 18.6 Å². The number of likely N-dealkylation sites (tertiary alicyclic amines) is 1. The Labute approximate surface area is 204 Å². The first-order valence-corrected chi connectivity index (χ1v) is 13.0. The van der Waals surface area contributed by atoms with E-state index in [1.807, 2.05) is 23.6 Å². The molecular weight excluding hydrogens is 446 g/mol. The van der Waals surface area contributed by atoms with E-state index in [-0.39, 0.29) is 5.92 Å². The van der Waals surface area contributed by atoms with Crippen molar-refractivity contribution in [1.29, 1.82) is 0 Å². The predicted octanol–water partition coefficient (Wildman–Crippen LogP) is 5.27. The SMILES string of the molecule is CCCN1CCC(c2sc(-c3[nH]nc(-c4cc(OC)c5ncnn5c4)c3C(C)C)nc2C)CC1. The highest BCUT2D eigenvalue weighted by molar-refractivity contribution is 7.15. The van der Waals surface area contributed by atoms with E-state index in [9.17, 15) is 0 Å². The highest BCUT2D eigenvalue weighted by Crippen LogP contribution is 2.42. The summed E-state index contributed by atoms with van der Waals surface area (Å²) in [5.41, 5.74) is 5.88. The summed E-state index contributed by atoms with van der Waals surface area (Å²) in [5.74, 6) is 1.55. The summed E-state index contributed by atoms with van der Waals surface area (Å²) in [7, 11) is 1.65. The third-order valence-corrected chi connectivity index (χ3v) is 8.10. The standard InChI is InChI=1S/C25H33N7OS/c1-6-9-31-10-7-17(8-11-31)23-16(4)28-25(34-23)22-20(15(2)3)21(29-30-22)18-12-19(33-5)24-26-14-27-32(24)13-18/h12-15,17H,6-11H2,1-5H3,(H,29,30). The van der Waals surface area contributed by atoms with Crippen molar-refractivity contribution >= 4 is 17.0 Å². The summed E-state index contributed by atoms with van der Waals surface area (Å²) in [4.78, 5) is 13.3. The van der Waals surface area contributed by atoms with Gasteiger partial charge >= 0.3 is 0 Å². The van der Waals surface area contributed by atoms with Crippen molar-refractivity contribution in [2.45, 2.75) is 58.8 Å². The maximum Gasteiger partial charge on any atom is 0.197 e. The molecule has 0 aromatic carbocycles. The van der Waals surface area contributed by atoms with Crippen molar-refractivity contribution in [2.24, 2.45) is 0 Å². The number of hydrogen-bond donors (Lipinski definition) is 1. The molecule has 9 heteroatoms. The lowest BCUT2D eigenvalue weighted by Gasteiger charge is -2.31. The molecule has 34 heavy (non-hydrogen) atoms. The zero-order chi connectivity index (χ0) is 23.8. The van der Waals surface area contributed by atoms with E-state index < -0.39 is 0 Å². The van der Waals surface area contributed by atoms with Gasteiger partial charge in [-0.15, -0.1) is 11.3 Å². The zero-order valence-corrected chi connectivity index (χ0v) is 21.4. The molecule has 1 saturated heterocycles. The largest absolute Gasteiger partial charge is 0.493 e. The third kappa shape index (κ3) is 4.11. The molecule has 1 fully saturated rings. The van der Waals surface area contributed by atoms with Gasteiger partial charge in [0.25, 0.3) is 0 Å². The molecule has 8 nitrogen and oxygen atoms in total. The minimum Gasteiger partial charge on any atom is -0.493 e. The first-order chi connectivity index (χ1) is 16.5. The van der Waals surface area contributed by atoms with E-state index in [1.165, 1.54) is 55.7 Å². The Morgan fingerprint density at radius 3 is 2.76 bits per heavy atom. The van der Waals surface area contributed by atoms with Gasteiger partial charge in [-0.1, -0.05) is 20.8 Å². The molecule has 5 rings (SSSR count). The van der Waals surface area contributed by atoms with E-state index >= 15 is 0 Å². The van der Waals surface area contributed by atoms with Crippen LogP contribution < -0.4 is 4.74 Å². The summed E-state index contributed by atoms with van der Waals surface area (Å²) >= 11 is 1.83. The second kappa shape index (κ2) is 9.46. The number of hydrogen-bond acceptors (Lipinski definition) is 7. The highest BCUT2D eigenvalue weighted by atomic mass is 32.1. The number of pyridine rings is 1. The van der Waals surface area contributed by atoms with Gasteiger partial charge in [-0.25, -0.2) is 14.5 Å². The Balaban J connectivity index is 1.50. The Bertz CT molecular complexity index is 1280.